The smallest absolute Gasteiger partial charge is 0.350 e. The maximum atomic E-state index is 13.4. The number of ketones is 1. The average Bonchev–Trinajstić information content (AvgIpc) is 3.51. The highest BCUT2D eigenvalue weighted by atomic mass is 79.9. The van der Waals surface area contributed by atoms with Crippen LogP contribution in [0.1, 0.15) is 51.9 Å². The molecule has 0 aliphatic carbocycles. The summed E-state index contributed by atoms with van der Waals surface area (Å²) in [5.74, 6) is -1.77. The van der Waals surface area contributed by atoms with Crippen LogP contribution in [-0.4, -0.2) is 40.5 Å². The van der Waals surface area contributed by atoms with Gasteiger partial charge >= 0.3 is 11.9 Å². The minimum absolute atomic E-state index is 0.0152. The fourth-order valence-corrected chi connectivity index (χ4v) is 6.02. The molecule has 3 aromatic rings. The Bertz CT molecular complexity index is 1480. The van der Waals surface area contributed by atoms with Gasteiger partial charge in [-0.1, -0.05) is 39.4 Å². The molecule has 1 N–H and O–H groups in total. The summed E-state index contributed by atoms with van der Waals surface area (Å²) in [5.41, 5.74) is 2.26. The number of aliphatic hydroxyl groups excluding tert-OH is 1. The summed E-state index contributed by atoms with van der Waals surface area (Å²) >= 11 is 4.43. The van der Waals surface area contributed by atoms with Gasteiger partial charge in [0.15, 0.2) is 5.13 Å². The zero-order chi connectivity index (χ0) is 26.4. The first-order valence-electron chi connectivity index (χ1n) is 11.7. The molecule has 0 saturated carbocycles. The van der Waals surface area contributed by atoms with Crippen molar-refractivity contribution < 1.29 is 29.0 Å². The number of Topliss-reactive ketones (excluding diaryl/α,β-unsaturated/α-hetero) is 1. The van der Waals surface area contributed by atoms with E-state index in [-0.39, 0.29) is 34.1 Å². The largest absolute Gasteiger partial charge is 0.507 e. The number of fused-ring (bicyclic) bond motifs is 1. The molecule has 1 amide bonds. The third-order valence-corrected chi connectivity index (χ3v) is 7.86. The molecule has 1 saturated heterocycles. The molecule has 1 fully saturated rings. The Morgan fingerprint density at radius 1 is 1.27 bits per heavy atom. The number of carbonyl (C=O) groups is 3. The van der Waals surface area contributed by atoms with Gasteiger partial charge in [-0.3, -0.25) is 14.5 Å². The minimum Gasteiger partial charge on any atom is -0.507 e. The van der Waals surface area contributed by atoms with Crippen molar-refractivity contribution in [3.05, 3.63) is 79.8 Å². The quantitative estimate of drug-likeness (QED) is 0.187. The monoisotopic (exact) mass is 582 g/mol. The van der Waals surface area contributed by atoms with Crippen molar-refractivity contribution in [2.75, 3.05) is 11.5 Å². The zero-order valence-corrected chi connectivity index (χ0v) is 22.7. The van der Waals surface area contributed by atoms with E-state index in [2.05, 4.69) is 20.9 Å². The molecule has 37 heavy (non-hydrogen) atoms. The van der Waals surface area contributed by atoms with Crippen LogP contribution in [0.2, 0.25) is 0 Å². The van der Waals surface area contributed by atoms with Crippen LogP contribution in [0.4, 0.5) is 5.13 Å². The van der Waals surface area contributed by atoms with Crippen LogP contribution in [-0.2, 0) is 20.7 Å². The van der Waals surface area contributed by atoms with Gasteiger partial charge in [-0.25, -0.2) is 9.78 Å². The maximum Gasteiger partial charge on any atom is 0.350 e. The van der Waals surface area contributed by atoms with E-state index in [1.165, 1.54) is 4.90 Å². The second-order valence-electron chi connectivity index (χ2n) is 8.81. The van der Waals surface area contributed by atoms with Gasteiger partial charge in [-0.2, -0.15) is 0 Å². The zero-order valence-electron chi connectivity index (χ0n) is 20.3. The van der Waals surface area contributed by atoms with E-state index in [1.807, 2.05) is 13.0 Å². The number of aromatic nitrogens is 1. The van der Waals surface area contributed by atoms with Crippen molar-refractivity contribution in [3.63, 3.8) is 0 Å². The lowest BCUT2D eigenvalue weighted by Gasteiger charge is -2.23. The molecule has 8 nitrogen and oxygen atoms in total. The molecular formula is C27H23BrN2O6S. The molecule has 3 heterocycles. The maximum absolute atomic E-state index is 13.4. The SMILES string of the molecule is CCOC(=O)c1sc(N2C(=O)C(=O)/C(=C(/O)c3ccc4c(c3)CC(C)O4)C2c2cccc(Br)c2)nc1C. The second-order valence-corrected chi connectivity index (χ2v) is 10.7. The topological polar surface area (TPSA) is 106 Å². The molecule has 2 unspecified atom stereocenters. The van der Waals surface area contributed by atoms with Crippen LogP contribution in [0.25, 0.3) is 5.76 Å². The number of thiazole rings is 1. The highest BCUT2D eigenvalue weighted by Gasteiger charge is 2.48. The summed E-state index contributed by atoms with van der Waals surface area (Å²) in [4.78, 5) is 45.2. The number of rotatable bonds is 5. The molecule has 5 rings (SSSR count). The van der Waals surface area contributed by atoms with E-state index in [1.54, 1.807) is 50.2 Å². The predicted molar refractivity (Wildman–Crippen MR) is 142 cm³/mol. The van der Waals surface area contributed by atoms with Gasteiger partial charge in [0, 0.05) is 16.5 Å². The van der Waals surface area contributed by atoms with Crippen LogP contribution >= 0.6 is 27.3 Å². The van der Waals surface area contributed by atoms with E-state index in [0.29, 0.717) is 23.2 Å². The molecule has 1 aromatic heterocycles. The number of carbonyl (C=O) groups excluding carboxylic acids is 3. The summed E-state index contributed by atoms with van der Waals surface area (Å²) in [7, 11) is 0. The number of hydrogen-bond donors (Lipinski definition) is 1. The normalized spacial score (nSPS) is 20.2. The molecule has 0 radical (unpaired) electrons. The Labute approximate surface area is 225 Å². The lowest BCUT2D eigenvalue weighted by atomic mass is 9.94. The summed E-state index contributed by atoms with van der Waals surface area (Å²) in [5, 5.41) is 11.6. The highest BCUT2D eigenvalue weighted by Crippen LogP contribution is 2.45. The first-order valence-corrected chi connectivity index (χ1v) is 13.3. The molecule has 0 bridgehead atoms. The van der Waals surface area contributed by atoms with Crippen molar-refractivity contribution in [1.29, 1.82) is 0 Å². The van der Waals surface area contributed by atoms with Gasteiger partial charge in [-0.05, 0) is 62.2 Å². The standard InChI is InChI=1S/C27H23BrN2O6S/c1-4-35-26(34)24-14(3)29-27(37-24)30-21(15-6-5-7-18(28)12-15)20(23(32)25(30)33)22(31)16-8-9-19-17(11-16)10-13(2)36-19/h5-9,11-13,21,31H,4,10H2,1-3H3/b22-20+. The van der Waals surface area contributed by atoms with Crippen molar-refractivity contribution >= 4 is 55.8 Å². The van der Waals surface area contributed by atoms with Crippen LogP contribution in [0, 0.1) is 6.92 Å². The number of esters is 1. The summed E-state index contributed by atoms with van der Waals surface area (Å²) in [6.45, 7) is 5.49. The highest BCUT2D eigenvalue weighted by molar-refractivity contribution is 9.10. The van der Waals surface area contributed by atoms with Gasteiger partial charge in [0.1, 0.15) is 22.5 Å². The number of aryl methyl sites for hydroxylation is 1. The lowest BCUT2D eigenvalue weighted by molar-refractivity contribution is -0.132. The molecule has 0 spiro atoms. The summed E-state index contributed by atoms with van der Waals surface area (Å²) in [6.07, 6.45) is 0.691. The van der Waals surface area contributed by atoms with Gasteiger partial charge in [0.25, 0.3) is 5.78 Å². The van der Waals surface area contributed by atoms with Gasteiger partial charge < -0.3 is 14.6 Å². The van der Waals surface area contributed by atoms with Gasteiger partial charge in [-0.15, -0.1) is 0 Å². The number of benzene rings is 2. The predicted octanol–water partition coefficient (Wildman–Crippen LogP) is 5.34. The van der Waals surface area contributed by atoms with Crippen LogP contribution in [0.3, 0.4) is 0 Å². The molecule has 2 atom stereocenters. The molecule has 10 heteroatoms. The summed E-state index contributed by atoms with van der Waals surface area (Å²) < 4.78 is 11.6. The fourth-order valence-electron chi connectivity index (χ4n) is 4.62. The Balaban J connectivity index is 1.67. The molecule has 2 aromatic carbocycles. The van der Waals surface area contributed by atoms with Crippen molar-refractivity contribution in [3.8, 4) is 5.75 Å². The molecule has 2 aliphatic rings. The van der Waals surface area contributed by atoms with Gasteiger partial charge in [0.2, 0.25) is 0 Å². The minimum atomic E-state index is -0.957. The third kappa shape index (κ3) is 4.44. The fraction of sp³-hybridized carbons (Fsp3) is 0.259. The number of amides is 1. The Hall–Kier alpha value is -3.50. The molecular weight excluding hydrogens is 560 g/mol. The number of aliphatic hydroxyl groups is 1. The number of halogens is 1. The average molecular weight is 583 g/mol. The van der Waals surface area contributed by atoms with E-state index in [0.717, 1.165) is 27.1 Å². The molecule has 190 valence electrons. The Morgan fingerprint density at radius 3 is 2.78 bits per heavy atom. The van der Waals surface area contributed by atoms with Crippen LogP contribution in [0.15, 0.2) is 52.5 Å². The van der Waals surface area contributed by atoms with E-state index in [4.69, 9.17) is 9.47 Å². The van der Waals surface area contributed by atoms with Crippen LogP contribution in [0.5, 0.6) is 5.75 Å². The van der Waals surface area contributed by atoms with Crippen molar-refractivity contribution in [1.82, 2.24) is 4.98 Å². The number of hydrogen-bond acceptors (Lipinski definition) is 8. The second kappa shape index (κ2) is 9.75. The number of anilines is 1. The van der Waals surface area contributed by atoms with Crippen molar-refractivity contribution in [2.24, 2.45) is 0 Å². The number of nitrogens with zero attached hydrogens (tertiary/aromatic N) is 2. The van der Waals surface area contributed by atoms with Gasteiger partial charge in [0.05, 0.1) is 23.9 Å². The summed E-state index contributed by atoms with van der Waals surface area (Å²) in [6, 6.07) is 11.4. The van der Waals surface area contributed by atoms with E-state index >= 15 is 0 Å². The van der Waals surface area contributed by atoms with E-state index < -0.39 is 23.7 Å². The Morgan fingerprint density at radius 2 is 2.05 bits per heavy atom. The number of ether oxygens (including phenoxy) is 2. The molecule has 2 aliphatic heterocycles. The van der Waals surface area contributed by atoms with Crippen LogP contribution < -0.4 is 9.64 Å². The van der Waals surface area contributed by atoms with E-state index in [9.17, 15) is 19.5 Å². The lowest BCUT2D eigenvalue weighted by Crippen LogP contribution is -2.29. The third-order valence-electron chi connectivity index (χ3n) is 6.23. The Kier molecular flexibility index (Phi) is 6.63. The van der Waals surface area contributed by atoms with Crippen molar-refractivity contribution in [2.45, 2.75) is 39.3 Å². The first-order chi connectivity index (χ1) is 17.7. The first kappa shape index (κ1) is 25.2.